The second kappa shape index (κ2) is 12.3. The van der Waals surface area contributed by atoms with Crippen molar-refractivity contribution in [3.8, 4) is 5.75 Å². The number of amides is 1. The number of nitrogens with zero attached hydrogens (tertiary/aromatic N) is 1. The summed E-state index contributed by atoms with van der Waals surface area (Å²) in [6.07, 6.45) is -4.77. The molecule has 0 spiro atoms. The molecular weight excluding hydrogens is 593 g/mol. The van der Waals surface area contributed by atoms with Crippen LogP contribution in [0.3, 0.4) is 0 Å². The Labute approximate surface area is 245 Å². The predicted octanol–water partition coefficient (Wildman–Crippen LogP) is 6.74. The summed E-state index contributed by atoms with van der Waals surface area (Å²) in [7, 11) is -3.41. The van der Waals surface area contributed by atoms with Gasteiger partial charge in [-0.3, -0.25) is 13.9 Å². The van der Waals surface area contributed by atoms with Crippen molar-refractivity contribution in [3.05, 3.63) is 118 Å². The first kappa shape index (κ1) is 30.6. The van der Waals surface area contributed by atoms with Crippen LogP contribution in [-0.4, -0.2) is 33.8 Å². The summed E-state index contributed by atoms with van der Waals surface area (Å²) in [5.74, 6) is -1.45. The van der Waals surface area contributed by atoms with Crippen molar-refractivity contribution >= 4 is 44.7 Å². The number of halogens is 4. The third-order valence-electron chi connectivity index (χ3n) is 6.17. The Hall–Kier alpha value is -4.35. The van der Waals surface area contributed by atoms with Crippen LogP contribution in [0.5, 0.6) is 5.75 Å². The number of carbonyl (C=O) groups is 2. The van der Waals surface area contributed by atoms with Gasteiger partial charge in [0.25, 0.3) is 10.0 Å². The normalized spacial score (nSPS) is 11.6. The topological polar surface area (TPSA) is 92.8 Å². The Morgan fingerprint density at radius 3 is 2.31 bits per heavy atom. The summed E-state index contributed by atoms with van der Waals surface area (Å²) < 4.78 is 74.3. The second-order valence-corrected chi connectivity index (χ2v) is 11.4. The Kier molecular flexibility index (Phi) is 8.93. The van der Waals surface area contributed by atoms with E-state index in [4.69, 9.17) is 16.3 Å². The molecule has 218 valence electrons. The SMILES string of the molecule is COc1ccc(C)cc1S(=O)(=O)N(CC(=O)Nc1ccc(Cl)cc1C(=O)c1ccccc1)c1cccc(C(F)(F)F)c1. The molecule has 1 amide bonds. The quantitative estimate of drug-likeness (QED) is 0.210. The summed E-state index contributed by atoms with van der Waals surface area (Å²) >= 11 is 6.11. The van der Waals surface area contributed by atoms with Gasteiger partial charge >= 0.3 is 6.18 Å². The van der Waals surface area contributed by atoms with E-state index in [1.807, 2.05) is 0 Å². The summed E-state index contributed by atoms with van der Waals surface area (Å²) in [5.41, 5.74) is -0.586. The molecule has 0 unspecified atom stereocenters. The fraction of sp³-hybridized carbons (Fsp3) is 0.133. The number of alkyl halides is 3. The smallest absolute Gasteiger partial charge is 0.416 e. The van der Waals surface area contributed by atoms with Crippen LogP contribution in [0, 0.1) is 6.92 Å². The maximum Gasteiger partial charge on any atom is 0.416 e. The number of hydrogen-bond acceptors (Lipinski definition) is 5. The van der Waals surface area contributed by atoms with Crippen LogP contribution in [0.15, 0.2) is 95.9 Å². The lowest BCUT2D eigenvalue weighted by Gasteiger charge is -2.26. The van der Waals surface area contributed by atoms with Gasteiger partial charge in [0.05, 0.1) is 24.0 Å². The van der Waals surface area contributed by atoms with Crippen molar-refractivity contribution in [2.24, 2.45) is 0 Å². The van der Waals surface area contributed by atoms with E-state index in [1.165, 1.54) is 37.4 Å². The molecule has 0 saturated carbocycles. The molecule has 4 aromatic carbocycles. The highest BCUT2D eigenvalue weighted by Crippen LogP contribution is 2.35. The van der Waals surface area contributed by atoms with Crippen LogP contribution in [0.4, 0.5) is 24.5 Å². The van der Waals surface area contributed by atoms with E-state index in [0.717, 1.165) is 18.2 Å². The molecule has 42 heavy (non-hydrogen) atoms. The van der Waals surface area contributed by atoms with Gasteiger partial charge < -0.3 is 10.1 Å². The molecule has 4 aromatic rings. The van der Waals surface area contributed by atoms with E-state index in [-0.39, 0.29) is 26.9 Å². The highest BCUT2D eigenvalue weighted by atomic mass is 35.5. The molecule has 0 aliphatic carbocycles. The molecule has 0 aliphatic heterocycles. The highest BCUT2D eigenvalue weighted by Gasteiger charge is 2.34. The van der Waals surface area contributed by atoms with E-state index in [2.05, 4.69) is 5.32 Å². The molecule has 7 nitrogen and oxygen atoms in total. The van der Waals surface area contributed by atoms with Gasteiger partial charge in [-0.25, -0.2) is 8.42 Å². The van der Waals surface area contributed by atoms with E-state index in [1.54, 1.807) is 43.3 Å². The zero-order chi connectivity index (χ0) is 30.7. The molecule has 0 radical (unpaired) electrons. The largest absolute Gasteiger partial charge is 0.495 e. The van der Waals surface area contributed by atoms with Crippen LogP contribution in [0.2, 0.25) is 5.02 Å². The third-order valence-corrected chi connectivity index (χ3v) is 8.20. The number of benzene rings is 4. The van der Waals surface area contributed by atoms with Crippen LogP contribution in [0.1, 0.15) is 27.0 Å². The number of ether oxygens (including phenoxy) is 1. The van der Waals surface area contributed by atoms with Gasteiger partial charge in [0.2, 0.25) is 5.91 Å². The number of ketones is 1. The first-order valence-corrected chi connectivity index (χ1v) is 14.2. The molecule has 0 fully saturated rings. The minimum Gasteiger partial charge on any atom is -0.495 e. The Morgan fingerprint density at radius 1 is 0.929 bits per heavy atom. The number of carbonyl (C=O) groups excluding carboxylic acids is 2. The van der Waals surface area contributed by atoms with Crippen LogP contribution in [-0.2, 0) is 21.0 Å². The van der Waals surface area contributed by atoms with Crippen molar-refractivity contribution < 1.29 is 35.9 Å². The number of hydrogen-bond donors (Lipinski definition) is 1. The number of sulfonamides is 1. The number of aryl methyl sites for hydroxylation is 1. The maximum atomic E-state index is 13.9. The van der Waals surface area contributed by atoms with E-state index in [0.29, 0.717) is 21.5 Å². The molecule has 0 aliphatic rings. The van der Waals surface area contributed by atoms with Gasteiger partial charge in [0.1, 0.15) is 17.2 Å². The summed E-state index contributed by atoms with van der Waals surface area (Å²) in [5, 5.41) is 2.73. The molecule has 0 saturated heterocycles. The van der Waals surface area contributed by atoms with E-state index >= 15 is 0 Å². The molecule has 0 bridgehead atoms. The van der Waals surface area contributed by atoms with Crippen molar-refractivity contribution in [1.82, 2.24) is 0 Å². The average Bonchev–Trinajstić information content (AvgIpc) is 2.96. The van der Waals surface area contributed by atoms with Gasteiger partial charge in [-0.05, 0) is 61.0 Å². The van der Waals surface area contributed by atoms with Gasteiger partial charge in [-0.15, -0.1) is 0 Å². The van der Waals surface area contributed by atoms with Crippen LogP contribution < -0.4 is 14.4 Å². The molecular formula is C30H24ClF3N2O5S. The summed E-state index contributed by atoms with van der Waals surface area (Å²) in [6.45, 7) is 0.702. The number of anilines is 2. The molecule has 0 aromatic heterocycles. The summed E-state index contributed by atoms with van der Waals surface area (Å²) in [4.78, 5) is 26.2. The zero-order valence-electron chi connectivity index (χ0n) is 22.3. The van der Waals surface area contributed by atoms with Crippen molar-refractivity contribution in [2.75, 3.05) is 23.3 Å². The fourth-order valence-electron chi connectivity index (χ4n) is 4.14. The minimum atomic E-state index is -4.77. The average molecular weight is 617 g/mol. The maximum absolute atomic E-state index is 13.9. The number of methoxy groups -OCH3 is 1. The minimum absolute atomic E-state index is 0.0350. The molecule has 4 rings (SSSR count). The Bertz CT molecular complexity index is 1750. The highest BCUT2D eigenvalue weighted by molar-refractivity contribution is 7.93. The first-order chi connectivity index (χ1) is 19.8. The van der Waals surface area contributed by atoms with Gasteiger partial charge in [0, 0.05) is 16.1 Å². The molecule has 0 atom stereocenters. The molecule has 12 heteroatoms. The van der Waals surface area contributed by atoms with Crippen molar-refractivity contribution in [3.63, 3.8) is 0 Å². The second-order valence-electron chi connectivity index (χ2n) is 9.15. The molecule has 1 N–H and O–H groups in total. The van der Waals surface area contributed by atoms with Crippen LogP contribution >= 0.6 is 11.6 Å². The number of rotatable bonds is 9. The summed E-state index contributed by atoms with van der Waals surface area (Å²) in [6, 6.07) is 20.3. The van der Waals surface area contributed by atoms with Gasteiger partial charge in [-0.1, -0.05) is 54.1 Å². The lowest BCUT2D eigenvalue weighted by molar-refractivity contribution is -0.137. The van der Waals surface area contributed by atoms with E-state index < -0.39 is 45.7 Å². The predicted molar refractivity (Wildman–Crippen MR) is 154 cm³/mol. The monoisotopic (exact) mass is 616 g/mol. The van der Waals surface area contributed by atoms with Crippen LogP contribution in [0.25, 0.3) is 0 Å². The first-order valence-electron chi connectivity index (χ1n) is 12.3. The standard InChI is InChI=1S/C30H24ClF3N2O5S/c1-19-11-14-26(41-2)27(15-19)42(39,40)36(23-10-6-9-21(16-23)30(32,33)34)18-28(37)35-25-13-12-22(31)17-24(25)29(38)20-7-4-3-5-8-20/h3-17H,18H2,1-2H3,(H,35,37). The zero-order valence-corrected chi connectivity index (χ0v) is 23.8. The number of nitrogens with one attached hydrogen (secondary N) is 1. The Balaban J connectivity index is 1.76. The lowest BCUT2D eigenvalue weighted by Crippen LogP contribution is -2.38. The lowest BCUT2D eigenvalue weighted by atomic mass is 10.0. The van der Waals surface area contributed by atoms with Gasteiger partial charge in [-0.2, -0.15) is 13.2 Å². The van der Waals surface area contributed by atoms with E-state index in [9.17, 15) is 31.2 Å². The van der Waals surface area contributed by atoms with Crippen molar-refractivity contribution in [1.29, 1.82) is 0 Å². The third kappa shape index (κ3) is 6.75. The Morgan fingerprint density at radius 2 is 1.64 bits per heavy atom. The van der Waals surface area contributed by atoms with Gasteiger partial charge in [0.15, 0.2) is 5.78 Å². The fourth-order valence-corrected chi connectivity index (χ4v) is 5.96. The molecule has 0 heterocycles. The van der Waals surface area contributed by atoms with Crippen molar-refractivity contribution in [2.45, 2.75) is 18.0 Å².